The molecule has 0 aliphatic carbocycles. The normalized spacial score (nSPS) is 11.2. The van der Waals surface area contributed by atoms with E-state index in [4.69, 9.17) is 19.1 Å². The molecule has 0 radical (unpaired) electrons. The Morgan fingerprint density at radius 1 is 0.517 bits per heavy atom. The van der Waals surface area contributed by atoms with Crippen molar-refractivity contribution in [3.8, 4) is 0 Å². The third kappa shape index (κ3) is 12.2. The molecule has 0 aliphatic rings. The molecular weight excluding hydrogens is 528 g/mol. The first-order chi connectivity index (χ1) is 13.7. The predicted octanol–water partition coefficient (Wildman–Crippen LogP) is 8.60. The fourth-order valence-corrected chi connectivity index (χ4v) is 9.39. The average Bonchev–Trinajstić information content (AvgIpc) is 2.63. The van der Waals surface area contributed by atoms with Crippen molar-refractivity contribution in [1.29, 1.82) is 0 Å². The van der Waals surface area contributed by atoms with E-state index < -0.39 is 0 Å². The summed E-state index contributed by atoms with van der Waals surface area (Å²) < 4.78 is 0. The molecule has 0 fully saturated rings. The van der Waals surface area contributed by atoms with E-state index in [0.29, 0.717) is 0 Å². The first-order valence-electron chi connectivity index (χ1n) is 10.2. The molecule has 2 rings (SSSR count). The molecule has 0 saturated heterocycles. The standard InChI is InChI=1S/2C12H19P.2ClH.Pd/c2*1-10(2)13(11(3)4)12-8-6-5-7-9-12;;;/h2*5-11H,1-4H3;2*1H;/q;;;;+2/p-2. The third-order valence-electron chi connectivity index (χ3n) is 4.33. The van der Waals surface area contributed by atoms with E-state index in [-0.39, 0.29) is 31.8 Å². The molecule has 0 bridgehead atoms. The molecule has 0 nitrogen and oxygen atoms in total. The van der Waals surface area contributed by atoms with E-state index >= 15 is 0 Å². The molecule has 0 amide bonds. The summed E-state index contributed by atoms with van der Waals surface area (Å²) in [6.07, 6.45) is 0. The number of halogens is 2. The molecule has 168 valence electrons. The fraction of sp³-hybridized carbons (Fsp3) is 0.500. The molecule has 0 N–H and O–H groups in total. The summed E-state index contributed by atoms with van der Waals surface area (Å²) in [6, 6.07) is 21.9. The van der Waals surface area contributed by atoms with Gasteiger partial charge in [-0.25, -0.2) is 0 Å². The summed E-state index contributed by atoms with van der Waals surface area (Å²) >= 11 is -0.106. The molecule has 0 saturated carbocycles. The van der Waals surface area contributed by atoms with Crippen molar-refractivity contribution >= 4 is 45.5 Å². The number of rotatable bonds is 6. The molecule has 29 heavy (non-hydrogen) atoms. The van der Waals surface area contributed by atoms with Gasteiger partial charge < -0.3 is 0 Å². The minimum atomic E-state index is -0.106. The van der Waals surface area contributed by atoms with Crippen LogP contribution in [0.2, 0.25) is 0 Å². The Hall–Kier alpha value is 0.542. The Kier molecular flexibility index (Phi) is 17.5. The summed E-state index contributed by atoms with van der Waals surface area (Å²) in [5, 5.41) is 3.09. The van der Waals surface area contributed by atoms with Crippen LogP contribution in [0.4, 0.5) is 0 Å². The van der Waals surface area contributed by atoms with E-state index in [1.54, 1.807) is 10.6 Å². The Bertz CT molecular complexity index is 548. The molecule has 0 aromatic heterocycles. The maximum atomic E-state index is 4.81. The van der Waals surface area contributed by atoms with Gasteiger partial charge in [-0.3, -0.25) is 0 Å². The van der Waals surface area contributed by atoms with Crippen LogP contribution in [-0.2, 0) is 15.9 Å². The second-order valence-electron chi connectivity index (χ2n) is 7.91. The first-order valence-corrected chi connectivity index (χ1v) is 17.1. The molecule has 2 aromatic rings. The van der Waals surface area contributed by atoms with Crippen LogP contribution in [0.15, 0.2) is 60.7 Å². The third-order valence-corrected chi connectivity index (χ3v) is 10.6. The van der Waals surface area contributed by atoms with Gasteiger partial charge in [0.15, 0.2) is 0 Å². The van der Waals surface area contributed by atoms with Gasteiger partial charge in [0.1, 0.15) is 0 Å². The average molecular weight is 566 g/mol. The van der Waals surface area contributed by atoms with Gasteiger partial charge in [-0.05, 0) is 33.2 Å². The van der Waals surface area contributed by atoms with Crippen molar-refractivity contribution in [2.24, 2.45) is 0 Å². The van der Waals surface area contributed by atoms with Crippen molar-refractivity contribution in [1.82, 2.24) is 0 Å². The van der Waals surface area contributed by atoms with Crippen LogP contribution in [-0.4, -0.2) is 22.6 Å². The van der Waals surface area contributed by atoms with Crippen LogP contribution in [0.1, 0.15) is 55.4 Å². The SMILES string of the molecule is CC(C)P(c1ccccc1)C(C)C.CC(C)P(c1ccccc1)C(C)C.[Cl][Pd][Cl]. The Labute approximate surface area is 199 Å². The van der Waals surface area contributed by atoms with Crippen LogP contribution in [0, 0.1) is 0 Å². The predicted molar refractivity (Wildman–Crippen MR) is 138 cm³/mol. The van der Waals surface area contributed by atoms with Crippen LogP contribution in [0.5, 0.6) is 0 Å². The van der Waals surface area contributed by atoms with Crippen molar-refractivity contribution < 1.29 is 15.9 Å². The Balaban J connectivity index is 0.000000477. The van der Waals surface area contributed by atoms with Gasteiger partial charge in [0.05, 0.1) is 0 Å². The van der Waals surface area contributed by atoms with Crippen molar-refractivity contribution in [3.05, 3.63) is 60.7 Å². The van der Waals surface area contributed by atoms with E-state index in [9.17, 15) is 0 Å². The maximum absolute atomic E-state index is 4.81. The zero-order valence-electron chi connectivity index (χ0n) is 19.0. The summed E-state index contributed by atoms with van der Waals surface area (Å²) in [5.41, 5.74) is 3.16. The van der Waals surface area contributed by atoms with Crippen LogP contribution in [0.3, 0.4) is 0 Å². The molecule has 0 atom stereocenters. The van der Waals surface area contributed by atoms with Crippen molar-refractivity contribution in [2.75, 3.05) is 0 Å². The first kappa shape index (κ1) is 29.5. The van der Waals surface area contributed by atoms with Gasteiger partial charge in [-0.2, -0.15) is 0 Å². The van der Waals surface area contributed by atoms with Gasteiger partial charge in [-0.15, -0.1) is 0 Å². The van der Waals surface area contributed by atoms with Gasteiger partial charge in [0, 0.05) is 0 Å². The van der Waals surface area contributed by atoms with Crippen molar-refractivity contribution in [2.45, 2.75) is 78.0 Å². The fourth-order valence-electron chi connectivity index (χ4n) is 3.59. The van der Waals surface area contributed by atoms with Crippen LogP contribution < -0.4 is 10.6 Å². The Morgan fingerprint density at radius 3 is 0.897 bits per heavy atom. The molecule has 0 heterocycles. The van der Waals surface area contributed by atoms with E-state index in [1.165, 1.54) is 0 Å². The van der Waals surface area contributed by atoms with E-state index in [1.807, 2.05) is 0 Å². The molecule has 0 spiro atoms. The quantitative estimate of drug-likeness (QED) is 0.243. The van der Waals surface area contributed by atoms with E-state index in [0.717, 1.165) is 22.6 Å². The topological polar surface area (TPSA) is 0 Å². The number of benzene rings is 2. The monoisotopic (exact) mass is 564 g/mol. The van der Waals surface area contributed by atoms with Gasteiger partial charge in [0.2, 0.25) is 0 Å². The summed E-state index contributed by atoms with van der Waals surface area (Å²) in [4.78, 5) is 0. The zero-order chi connectivity index (χ0) is 22.4. The van der Waals surface area contributed by atoms with Crippen molar-refractivity contribution in [3.63, 3.8) is 0 Å². The number of hydrogen-bond acceptors (Lipinski definition) is 0. The Morgan fingerprint density at radius 2 is 0.724 bits per heavy atom. The van der Waals surface area contributed by atoms with Gasteiger partial charge in [-0.1, -0.05) is 132 Å². The summed E-state index contributed by atoms with van der Waals surface area (Å²) in [6.45, 7) is 18.7. The summed E-state index contributed by atoms with van der Waals surface area (Å²) in [7, 11) is 9.68. The molecule has 5 heteroatoms. The molecule has 0 aliphatic heterocycles. The van der Waals surface area contributed by atoms with Crippen LogP contribution in [0.25, 0.3) is 0 Å². The van der Waals surface area contributed by atoms with Gasteiger partial charge in [0.25, 0.3) is 0 Å². The second kappa shape index (κ2) is 17.1. The second-order valence-corrected chi connectivity index (χ2v) is 17.1. The van der Waals surface area contributed by atoms with E-state index in [2.05, 4.69) is 116 Å². The molecule has 2 aromatic carbocycles. The zero-order valence-corrected chi connectivity index (χ0v) is 23.9. The van der Waals surface area contributed by atoms with Crippen LogP contribution >= 0.6 is 34.9 Å². The molecular formula is C24H38Cl2P2Pd. The van der Waals surface area contributed by atoms with Gasteiger partial charge >= 0.3 is 35.0 Å². The summed E-state index contributed by atoms with van der Waals surface area (Å²) in [5.74, 6) is 0. The minimum absolute atomic E-state index is 0.0262. The molecule has 0 unspecified atom stereocenters. The number of hydrogen-bond donors (Lipinski definition) is 0.